The van der Waals surface area contributed by atoms with Crippen LogP contribution in [-0.2, 0) is 19.9 Å². The molecular formula is C24H20O4. The maximum absolute atomic E-state index is 11.5. The molecule has 4 rings (SSSR count). The summed E-state index contributed by atoms with van der Waals surface area (Å²) in [6.45, 7) is 0.0206. The maximum Gasteiger partial charge on any atom is 0.335 e. The van der Waals surface area contributed by atoms with Crippen molar-refractivity contribution in [2.24, 2.45) is 0 Å². The van der Waals surface area contributed by atoms with Crippen LogP contribution in [0.5, 0.6) is 0 Å². The molecule has 0 unspecified atom stereocenters. The molecule has 0 aromatic heterocycles. The molecule has 0 fully saturated rings. The Hall–Kier alpha value is -3.37. The lowest BCUT2D eigenvalue weighted by Crippen LogP contribution is -2.36. The number of aliphatic hydroxyl groups is 1. The fourth-order valence-corrected chi connectivity index (χ4v) is 3.54. The summed E-state index contributed by atoms with van der Waals surface area (Å²) in [6.07, 6.45) is 0.270. The molecule has 1 aliphatic heterocycles. The molecular weight excluding hydrogens is 352 g/mol. The quantitative estimate of drug-likeness (QED) is 0.516. The zero-order valence-corrected chi connectivity index (χ0v) is 15.2. The van der Waals surface area contributed by atoms with Crippen molar-refractivity contribution in [1.82, 2.24) is 0 Å². The summed E-state index contributed by atoms with van der Waals surface area (Å²) in [7, 11) is 0. The summed E-state index contributed by atoms with van der Waals surface area (Å²) in [5.41, 5.74) is 1.92. The fourth-order valence-electron chi connectivity index (χ4n) is 3.54. The van der Waals surface area contributed by atoms with Gasteiger partial charge in [-0.1, -0.05) is 91.0 Å². The van der Waals surface area contributed by atoms with Crippen molar-refractivity contribution in [3.8, 4) is 0 Å². The largest absolute Gasteiger partial charge is 0.508 e. The molecule has 0 bridgehead atoms. The highest BCUT2D eigenvalue weighted by molar-refractivity contribution is 5.85. The molecule has 3 aromatic carbocycles. The fraction of sp³-hybridized carbons (Fsp3) is 0.125. The number of benzene rings is 3. The molecule has 28 heavy (non-hydrogen) atoms. The number of hydrogen-bond acceptors (Lipinski definition) is 4. The minimum absolute atomic E-state index is 0.0206. The Kier molecular flexibility index (Phi) is 4.96. The molecule has 1 atom stereocenters. The molecule has 0 spiro atoms. The van der Waals surface area contributed by atoms with Crippen molar-refractivity contribution in [2.75, 3.05) is 6.61 Å². The highest BCUT2D eigenvalue weighted by Gasteiger charge is 2.39. The zero-order valence-electron chi connectivity index (χ0n) is 15.2. The molecule has 4 nitrogen and oxygen atoms in total. The Morgan fingerprint density at radius 3 is 1.57 bits per heavy atom. The Labute approximate surface area is 163 Å². The minimum Gasteiger partial charge on any atom is -0.508 e. The average Bonchev–Trinajstić information content (AvgIpc) is 3.08. The number of esters is 1. The van der Waals surface area contributed by atoms with Gasteiger partial charge in [-0.3, -0.25) is 0 Å². The van der Waals surface area contributed by atoms with Crippen LogP contribution in [0.4, 0.5) is 0 Å². The second kappa shape index (κ2) is 7.71. The van der Waals surface area contributed by atoms with Crippen molar-refractivity contribution in [2.45, 2.75) is 11.7 Å². The van der Waals surface area contributed by atoms with Gasteiger partial charge in [0.25, 0.3) is 0 Å². The number of ether oxygens (including phenoxy) is 2. The number of carbonyl (C=O) groups excluding carboxylic acids is 1. The standard InChI is InChI=1S/C24H20O4/c25-21-16-23(26)28-22(21)17-27-24(18-10-4-1-5-11-18,19-12-6-2-7-13-19)20-14-8-3-9-15-20/h1-16,22,25H,17H2/t22-/m1/s1. The van der Waals surface area contributed by atoms with E-state index >= 15 is 0 Å². The molecule has 1 N–H and O–H groups in total. The van der Waals surface area contributed by atoms with Crippen LogP contribution in [0, 0.1) is 0 Å². The number of aliphatic hydroxyl groups excluding tert-OH is 1. The molecule has 0 radical (unpaired) electrons. The van der Waals surface area contributed by atoms with Crippen molar-refractivity contribution < 1.29 is 19.4 Å². The van der Waals surface area contributed by atoms with E-state index in [2.05, 4.69) is 0 Å². The van der Waals surface area contributed by atoms with Gasteiger partial charge in [-0.15, -0.1) is 0 Å². The topological polar surface area (TPSA) is 55.8 Å². The second-order valence-electron chi connectivity index (χ2n) is 6.58. The summed E-state index contributed by atoms with van der Waals surface area (Å²) in [5.74, 6) is -0.677. The summed E-state index contributed by atoms with van der Waals surface area (Å²) >= 11 is 0. The molecule has 0 aliphatic carbocycles. The Bertz CT molecular complexity index is 869. The Morgan fingerprint density at radius 2 is 1.21 bits per heavy atom. The maximum atomic E-state index is 11.5. The number of rotatable bonds is 6. The molecule has 1 aliphatic rings. The molecule has 0 amide bonds. The molecule has 3 aromatic rings. The second-order valence-corrected chi connectivity index (χ2v) is 6.58. The van der Waals surface area contributed by atoms with Crippen LogP contribution in [0.2, 0.25) is 0 Å². The van der Waals surface area contributed by atoms with Crippen LogP contribution < -0.4 is 0 Å². The van der Waals surface area contributed by atoms with Crippen LogP contribution in [0.15, 0.2) is 103 Å². The summed E-state index contributed by atoms with van der Waals surface area (Å²) in [6, 6.07) is 29.7. The lowest BCUT2D eigenvalue weighted by atomic mass is 9.80. The van der Waals surface area contributed by atoms with E-state index in [-0.39, 0.29) is 12.4 Å². The Balaban J connectivity index is 1.84. The van der Waals surface area contributed by atoms with E-state index < -0.39 is 17.7 Å². The third-order valence-electron chi connectivity index (χ3n) is 4.85. The predicted molar refractivity (Wildman–Crippen MR) is 106 cm³/mol. The van der Waals surface area contributed by atoms with Crippen LogP contribution >= 0.6 is 0 Å². The van der Waals surface area contributed by atoms with Crippen molar-refractivity contribution >= 4 is 5.97 Å². The lowest BCUT2D eigenvalue weighted by molar-refractivity contribution is -0.143. The third-order valence-corrected chi connectivity index (χ3v) is 4.85. The van der Waals surface area contributed by atoms with Gasteiger partial charge in [-0.25, -0.2) is 4.79 Å². The van der Waals surface area contributed by atoms with Crippen LogP contribution in [0.3, 0.4) is 0 Å². The van der Waals surface area contributed by atoms with Crippen molar-refractivity contribution in [3.63, 3.8) is 0 Å². The van der Waals surface area contributed by atoms with E-state index in [9.17, 15) is 9.90 Å². The van der Waals surface area contributed by atoms with Gasteiger partial charge in [-0.2, -0.15) is 0 Å². The van der Waals surface area contributed by atoms with Gasteiger partial charge < -0.3 is 14.6 Å². The lowest BCUT2D eigenvalue weighted by Gasteiger charge is -2.36. The van der Waals surface area contributed by atoms with Gasteiger partial charge in [0.15, 0.2) is 6.10 Å². The molecule has 140 valence electrons. The van der Waals surface area contributed by atoms with Crippen LogP contribution in [0.1, 0.15) is 16.7 Å². The van der Waals surface area contributed by atoms with E-state index in [0.717, 1.165) is 22.8 Å². The van der Waals surface area contributed by atoms with Crippen LogP contribution in [0.25, 0.3) is 0 Å². The van der Waals surface area contributed by atoms with Gasteiger partial charge in [0.05, 0.1) is 12.7 Å². The predicted octanol–water partition coefficient (Wildman–Crippen LogP) is 4.36. The summed E-state index contributed by atoms with van der Waals surface area (Å²) in [5, 5.41) is 10.0. The first kappa shape index (κ1) is 18.0. The number of carbonyl (C=O) groups is 1. The van der Waals surface area contributed by atoms with E-state index in [1.165, 1.54) is 0 Å². The van der Waals surface area contributed by atoms with Crippen molar-refractivity contribution in [1.29, 1.82) is 0 Å². The first-order chi connectivity index (χ1) is 13.7. The summed E-state index contributed by atoms with van der Waals surface area (Å²) < 4.78 is 11.7. The summed E-state index contributed by atoms with van der Waals surface area (Å²) in [4.78, 5) is 11.5. The van der Waals surface area contributed by atoms with Gasteiger partial charge in [-0.05, 0) is 16.7 Å². The smallest absolute Gasteiger partial charge is 0.335 e. The van der Waals surface area contributed by atoms with Gasteiger partial charge >= 0.3 is 5.97 Å². The first-order valence-corrected chi connectivity index (χ1v) is 9.12. The minimum atomic E-state index is -0.918. The Morgan fingerprint density at radius 1 is 0.786 bits per heavy atom. The zero-order chi connectivity index (χ0) is 19.4. The highest BCUT2D eigenvalue weighted by Crippen LogP contribution is 2.40. The average molecular weight is 372 g/mol. The van der Waals surface area contributed by atoms with Gasteiger partial charge in [0.1, 0.15) is 11.4 Å². The van der Waals surface area contributed by atoms with Crippen molar-refractivity contribution in [3.05, 3.63) is 120 Å². The van der Waals surface area contributed by atoms with Gasteiger partial charge in [0.2, 0.25) is 0 Å². The number of hydrogen-bond donors (Lipinski definition) is 1. The van der Waals surface area contributed by atoms with E-state index in [0.29, 0.717) is 0 Å². The van der Waals surface area contributed by atoms with Crippen LogP contribution in [-0.4, -0.2) is 23.8 Å². The number of cyclic esters (lactones) is 1. The molecule has 0 saturated carbocycles. The van der Waals surface area contributed by atoms with E-state index in [4.69, 9.17) is 9.47 Å². The monoisotopic (exact) mass is 372 g/mol. The van der Waals surface area contributed by atoms with E-state index in [1.54, 1.807) is 0 Å². The molecule has 1 heterocycles. The molecule has 4 heteroatoms. The normalized spacial score (nSPS) is 16.5. The molecule has 0 saturated heterocycles. The SMILES string of the molecule is O=C1C=C(O)[C@@H](COC(c2ccccc2)(c2ccccc2)c2ccccc2)O1. The first-order valence-electron chi connectivity index (χ1n) is 9.12. The third kappa shape index (κ3) is 3.30. The highest BCUT2D eigenvalue weighted by atomic mass is 16.6. The van der Waals surface area contributed by atoms with Gasteiger partial charge in [0, 0.05) is 0 Å². The van der Waals surface area contributed by atoms with E-state index in [1.807, 2.05) is 91.0 Å².